The van der Waals surface area contributed by atoms with Crippen LogP contribution in [0, 0.1) is 0 Å². The molecule has 114 valence electrons. The zero-order valence-corrected chi connectivity index (χ0v) is 13.5. The lowest BCUT2D eigenvalue weighted by molar-refractivity contribution is 0.422. The van der Waals surface area contributed by atoms with Crippen molar-refractivity contribution in [3.63, 3.8) is 0 Å². The van der Waals surface area contributed by atoms with Crippen molar-refractivity contribution in [2.75, 3.05) is 13.1 Å². The first kappa shape index (κ1) is 15.8. The molecule has 20 heavy (non-hydrogen) atoms. The Kier molecular flexibility index (Phi) is 6.79. The van der Waals surface area contributed by atoms with Gasteiger partial charge >= 0.3 is 0 Å². The van der Waals surface area contributed by atoms with Crippen molar-refractivity contribution in [1.82, 2.24) is 25.5 Å². The van der Waals surface area contributed by atoms with Crippen LogP contribution in [0.5, 0.6) is 0 Å². The van der Waals surface area contributed by atoms with Crippen molar-refractivity contribution >= 4 is 11.8 Å². The van der Waals surface area contributed by atoms with E-state index >= 15 is 0 Å². The molecule has 0 spiro atoms. The van der Waals surface area contributed by atoms with Gasteiger partial charge in [0.05, 0.1) is 6.04 Å². The summed E-state index contributed by atoms with van der Waals surface area (Å²) in [5.41, 5.74) is 0. The first-order chi connectivity index (χ1) is 9.81. The zero-order chi connectivity index (χ0) is 14.2. The molecule has 1 atom stereocenters. The third-order valence-electron chi connectivity index (χ3n) is 3.83. The van der Waals surface area contributed by atoms with Crippen molar-refractivity contribution in [3.8, 4) is 0 Å². The Morgan fingerprint density at radius 3 is 2.90 bits per heavy atom. The van der Waals surface area contributed by atoms with Crippen LogP contribution in [0.1, 0.15) is 64.8 Å². The molecule has 1 aromatic rings. The van der Waals surface area contributed by atoms with Crippen molar-refractivity contribution < 1.29 is 0 Å². The van der Waals surface area contributed by atoms with E-state index < -0.39 is 0 Å². The SMILES string of the molecule is CCCCCNCC(C)Sc1nnnn1C1CCCC1. The van der Waals surface area contributed by atoms with Gasteiger partial charge < -0.3 is 5.32 Å². The van der Waals surface area contributed by atoms with E-state index in [2.05, 4.69) is 34.7 Å². The fraction of sp³-hybridized carbons (Fsp3) is 0.929. The summed E-state index contributed by atoms with van der Waals surface area (Å²) in [6, 6.07) is 0.525. The van der Waals surface area contributed by atoms with E-state index in [0.29, 0.717) is 11.3 Å². The van der Waals surface area contributed by atoms with E-state index in [4.69, 9.17) is 0 Å². The molecule has 1 aliphatic carbocycles. The maximum Gasteiger partial charge on any atom is 0.209 e. The average molecular weight is 297 g/mol. The first-order valence-electron chi connectivity index (χ1n) is 7.96. The lowest BCUT2D eigenvalue weighted by Gasteiger charge is -2.14. The molecule has 6 heteroatoms. The number of thioether (sulfide) groups is 1. The normalized spacial score (nSPS) is 17.7. The molecule has 0 radical (unpaired) electrons. The highest BCUT2D eigenvalue weighted by atomic mass is 32.2. The van der Waals surface area contributed by atoms with E-state index in [9.17, 15) is 0 Å². The molecule has 1 aliphatic rings. The number of tetrazole rings is 1. The Morgan fingerprint density at radius 1 is 1.35 bits per heavy atom. The number of unbranched alkanes of at least 4 members (excludes halogenated alkanes) is 2. The second kappa shape index (κ2) is 8.62. The Labute approximate surface area is 126 Å². The highest BCUT2D eigenvalue weighted by Crippen LogP contribution is 2.32. The number of nitrogens with zero attached hydrogens (tertiary/aromatic N) is 4. The third kappa shape index (κ3) is 4.74. The monoisotopic (exact) mass is 297 g/mol. The second-order valence-corrected chi connectivity index (χ2v) is 7.09. The summed E-state index contributed by atoms with van der Waals surface area (Å²) in [6.07, 6.45) is 8.93. The molecule has 0 aliphatic heterocycles. The minimum absolute atomic E-state index is 0.503. The van der Waals surface area contributed by atoms with Gasteiger partial charge in [0.2, 0.25) is 5.16 Å². The van der Waals surface area contributed by atoms with E-state index in [1.807, 2.05) is 4.68 Å². The molecule has 1 aromatic heterocycles. The average Bonchev–Trinajstić information content (AvgIpc) is 3.08. The predicted octanol–water partition coefficient (Wildman–Crippen LogP) is 3.05. The van der Waals surface area contributed by atoms with Crippen LogP contribution in [0.3, 0.4) is 0 Å². The van der Waals surface area contributed by atoms with Crippen LogP contribution < -0.4 is 5.32 Å². The van der Waals surface area contributed by atoms with Gasteiger partial charge in [-0.1, -0.05) is 51.3 Å². The van der Waals surface area contributed by atoms with Gasteiger partial charge in [-0.05, 0) is 36.2 Å². The van der Waals surface area contributed by atoms with Crippen molar-refractivity contribution in [2.24, 2.45) is 0 Å². The zero-order valence-electron chi connectivity index (χ0n) is 12.7. The van der Waals surface area contributed by atoms with Crippen LogP contribution in [0.15, 0.2) is 5.16 Å². The summed E-state index contributed by atoms with van der Waals surface area (Å²) in [7, 11) is 0. The van der Waals surface area contributed by atoms with Gasteiger partial charge in [-0.15, -0.1) is 5.10 Å². The van der Waals surface area contributed by atoms with Crippen LogP contribution in [0.2, 0.25) is 0 Å². The molecule has 1 N–H and O–H groups in total. The highest BCUT2D eigenvalue weighted by molar-refractivity contribution is 7.99. The van der Waals surface area contributed by atoms with E-state index in [-0.39, 0.29) is 0 Å². The van der Waals surface area contributed by atoms with E-state index in [1.54, 1.807) is 11.8 Å². The number of rotatable bonds is 9. The van der Waals surface area contributed by atoms with Gasteiger partial charge in [0.1, 0.15) is 0 Å². The summed E-state index contributed by atoms with van der Waals surface area (Å²) in [5, 5.41) is 17.3. The number of hydrogen-bond donors (Lipinski definition) is 1. The summed E-state index contributed by atoms with van der Waals surface area (Å²) in [6.45, 7) is 6.62. The lowest BCUT2D eigenvalue weighted by atomic mass is 10.2. The van der Waals surface area contributed by atoms with Gasteiger partial charge in [-0.3, -0.25) is 0 Å². The second-order valence-electron chi connectivity index (χ2n) is 5.68. The number of nitrogens with one attached hydrogen (secondary N) is 1. The highest BCUT2D eigenvalue weighted by Gasteiger charge is 2.22. The lowest BCUT2D eigenvalue weighted by Crippen LogP contribution is -2.24. The van der Waals surface area contributed by atoms with E-state index in [0.717, 1.165) is 18.2 Å². The fourth-order valence-electron chi connectivity index (χ4n) is 2.67. The van der Waals surface area contributed by atoms with Crippen LogP contribution in [0.4, 0.5) is 0 Å². The topological polar surface area (TPSA) is 55.6 Å². The molecule has 1 fully saturated rings. The molecule has 0 bridgehead atoms. The first-order valence-corrected chi connectivity index (χ1v) is 8.84. The molecule has 0 amide bonds. The molecule has 2 rings (SSSR count). The summed E-state index contributed by atoms with van der Waals surface area (Å²) < 4.78 is 2.05. The molecular weight excluding hydrogens is 270 g/mol. The van der Waals surface area contributed by atoms with Crippen LogP contribution in [-0.4, -0.2) is 38.5 Å². The van der Waals surface area contributed by atoms with Crippen LogP contribution in [0.25, 0.3) is 0 Å². The van der Waals surface area contributed by atoms with Crippen molar-refractivity contribution in [2.45, 2.75) is 75.2 Å². The minimum Gasteiger partial charge on any atom is -0.316 e. The quantitative estimate of drug-likeness (QED) is 0.561. The van der Waals surface area contributed by atoms with Crippen molar-refractivity contribution in [1.29, 1.82) is 0 Å². The Hall–Kier alpha value is -0.620. The number of hydrogen-bond acceptors (Lipinski definition) is 5. The largest absolute Gasteiger partial charge is 0.316 e. The van der Waals surface area contributed by atoms with Crippen LogP contribution >= 0.6 is 11.8 Å². The summed E-state index contributed by atoms with van der Waals surface area (Å²) >= 11 is 1.79. The van der Waals surface area contributed by atoms with E-state index in [1.165, 1.54) is 44.9 Å². The molecule has 0 aromatic carbocycles. The van der Waals surface area contributed by atoms with Gasteiger partial charge in [-0.25, -0.2) is 4.68 Å². The molecule has 1 saturated carbocycles. The Morgan fingerprint density at radius 2 is 2.15 bits per heavy atom. The van der Waals surface area contributed by atoms with Crippen LogP contribution in [-0.2, 0) is 0 Å². The molecule has 1 unspecified atom stereocenters. The Balaban J connectivity index is 1.73. The smallest absolute Gasteiger partial charge is 0.209 e. The molecule has 1 heterocycles. The summed E-state index contributed by atoms with van der Waals surface area (Å²) in [4.78, 5) is 0. The van der Waals surface area contributed by atoms with Gasteiger partial charge in [0.15, 0.2) is 0 Å². The molecule has 5 nitrogen and oxygen atoms in total. The van der Waals surface area contributed by atoms with Gasteiger partial charge in [0, 0.05) is 11.8 Å². The maximum absolute atomic E-state index is 4.20. The maximum atomic E-state index is 4.20. The van der Waals surface area contributed by atoms with Gasteiger partial charge in [0.25, 0.3) is 0 Å². The molecular formula is C14H27N5S. The number of aromatic nitrogens is 4. The van der Waals surface area contributed by atoms with Gasteiger partial charge in [-0.2, -0.15) is 0 Å². The summed E-state index contributed by atoms with van der Waals surface area (Å²) in [5.74, 6) is 0. The van der Waals surface area contributed by atoms with Crippen molar-refractivity contribution in [3.05, 3.63) is 0 Å². The fourth-order valence-corrected chi connectivity index (χ4v) is 3.61. The third-order valence-corrected chi connectivity index (χ3v) is 4.88. The predicted molar refractivity (Wildman–Crippen MR) is 83.0 cm³/mol. The standard InChI is InChI=1S/C14H27N5S/c1-3-4-7-10-15-11-12(2)20-14-16-17-18-19(14)13-8-5-6-9-13/h12-13,15H,3-11H2,1-2H3. The Bertz CT molecular complexity index is 375. The molecule has 0 saturated heterocycles. The minimum atomic E-state index is 0.503.